The molecule has 0 spiro atoms. The largest absolute Gasteiger partial charge is 0.465 e. The van der Waals surface area contributed by atoms with E-state index < -0.39 is 0 Å². The summed E-state index contributed by atoms with van der Waals surface area (Å²) in [4.78, 5) is 4.59. The quantitative estimate of drug-likeness (QED) is 0.840. The predicted octanol–water partition coefficient (Wildman–Crippen LogP) is 4.17. The first-order valence-corrected chi connectivity index (χ1v) is 7.81. The average molecular weight is 290 g/mol. The van der Waals surface area contributed by atoms with Gasteiger partial charge in [-0.2, -0.15) is 0 Å². The Morgan fingerprint density at radius 2 is 2.00 bits per heavy atom. The lowest BCUT2D eigenvalue weighted by Gasteiger charge is -2.20. The van der Waals surface area contributed by atoms with Crippen molar-refractivity contribution in [2.75, 3.05) is 0 Å². The molecule has 2 heterocycles. The second kappa shape index (κ2) is 6.46. The van der Waals surface area contributed by atoms with E-state index in [1.165, 1.54) is 5.56 Å². The molecule has 0 saturated heterocycles. The Labute approximate surface area is 125 Å². The fraction of sp³-hybridized carbons (Fsp3) is 0.438. The van der Waals surface area contributed by atoms with Crippen molar-refractivity contribution >= 4 is 11.8 Å². The van der Waals surface area contributed by atoms with E-state index in [9.17, 15) is 0 Å². The number of hydrogen-bond acceptors (Lipinski definition) is 4. The Balaban J connectivity index is 2.28. The molecule has 2 aromatic heterocycles. The van der Waals surface area contributed by atoms with E-state index in [1.807, 2.05) is 26.0 Å². The zero-order valence-electron chi connectivity index (χ0n) is 12.5. The van der Waals surface area contributed by atoms with E-state index in [2.05, 4.69) is 31.0 Å². The molecule has 2 unspecified atom stereocenters. The van der Waals surface area contributed by atoms with Gasteiger partial charge in [0.25, 0.3) is 0 Å². The van der Waals surface area contributed by atoms with E-state index in [0.717, 1.165) is 28.7 Å². The van der Waals surface area contributed by atoms with Crippen molar-refractivity contribution < 1.29 is 4.42 Å². The third kappa shape index (κ3) is 3.64. The van der Waals surface area contributed by atoms with Crippen molar-refractivity contribution in [3.05, 3.63) is 47.0 Å². The number of aromatic nitrogens is 1. The molecule has 0 amide bonds. The van der Waals surface area contributed by atoms with Gasteiger partial charge in [0.2, 0.25) is 0 Å². The molecule has 0 bridgehead atoms. The molecule has 0 aliphatic rings. The topological polar surface area (TPSA) is 52.0 Å². The molecule has 0 saturated carbocycles. The molecule has 2 atom stereocenters. The first-order valence-electron chi connectivity index (χ1n) is 6.93. The zero-order chi connectivity index (χ0) is 14.7. The fourth-order valence-corrected chi connectivity index (χ4v) is 3.49. The van der Waals surface area contributed by atoms with Gasteiger partial charge in [0.05, 0.1) is 10.3 Å². The maximum atomic E-state index is 6.27. The molecule has 0 fully saturated rings. The van der Waals surface area contributed by atoms with E-state index in [1.54, 1.807) is 11.8 Å². The van der Waals surface area contributed by atoms with Crippen LogP contribution in [-0.2, 0) is 0 Å². The zero-order valence-corrected chi connectivity index (χ0v) is 13.3. The lowest BCUT2D eigenvalue weighted by atomic mass is 10.1. The van der Waals surface area contributed by atoms with Gasteiger partial charge < -0.3 is 10.2 Å². The molecule has 0 aromatic carbocycles. The lowest BCUT2D eigenvalue weighted by molar-refractivity contribution is 0.454. The molecular formula is C16H22N2OS. The van der Waals surface area contributed by atoms with Crippen molar-refractivity contribution in [1.82, 2.24) is 4.98 Å². The van der Waals surface area contributed by atoms with Gasteiger partial charge in [-0.3, -0.25) is 0 Å². The number of furan rings is 1. The molecule has 0 aliphatic heterocycles. The Kier molecular flexibility index (Phi) is 4.89. The van der Waals surface area contributed by atoms with Crippen LogP contribution < -0.4 is 5.73 Å². The van der Waals surface area contributed by atoms with Crippen LogP contribution in [0.4, 0.5) is 0 Å². The first-order chi connectivity index (χ1) is 9.49. The third-order valence-corrected chi connectivity index (χ3v) is 4.51. The summed E-state index contributed by atoms with van der Waals surface area (Å²) in [6.07, 6.45) is 0.905. The van der Waals surface area contributed by atoms with Gasteiger partial charge in [-0.05, 0) is 57.0 Å². The van der Waals surface area contributed by atoms with E-state index in [0.29, 0.717) is 0 Å². The molecule has 20 heavy (non-hydrogen) atoms. The van der Waals surface area contributed by atoms with Crippen LogP contribution in [0.25, 0.3) is 0 Å². The van der Waals surface area contributed by atoms with Crippen LogP contribution in [0.1, 0.15) is 41.4 Å². The number of pyridine rings is 1. The van der Waals surface area contributed by atoms with Gasteiger partial charge in [0.1, 0.15) is 11.5 Å². The molecule has 3 nitrogen and oxygen atoms in total. The fourth-order valence-electron chi connectivity index (χ4n) is 2.17. The van der Waals surface area contributed by atoms with Crippen LogP contribution in [0.2, 0.25) is 0 Å². The molecule has 0 aliphatic carbocycles. The lowest BCUT2D eigenvalue weighted by Crippen LogP contribution is -2.25. The molecule has 0 radical (unpaired) electrons. The molecule has 2 aromatic rings. The van der Waals surface area contributed by atoms with E-state index in [-0.39, 0.29) is 11.3 Å². The van der Waals surface area contributed by atoms with Crippen LogP contribution in [0.15, 0.2) is 33.7 Å². The summed E-state index contributed by atoms with van der Waals surface area (Å²) in [5, 5.41) is 1.10. The number of aryl methyl sites for hydroxylation is 3. The van der Waals surface area contributed by atoms with Gasteiger partial charge >= 0.3 is 0 Å². The van der Waals surface area contributed by atoms with Gasteiger partial charge in [-0.1, -0.05) is 18.7 Å². The highest BCUT2D eigenvalue weighted by atomic mass is 32.2. The number of thioether (sulfide) groups is 1. The smallest absolute Gasteiger partial charge is 0.119 e. The van der Waals surface area contributed by atoms with Crippen molar-refractivity contribution in [3.8, 4) is 0 Å². The number of rotatable bonds is 5. The second-order valence-electron chi connectivity index (χ2n) is 5.18. The van der Waals surface area contributed by atoms with E-state index in [4.69, 9.17) is 10.2 Å². The maximum absolute atomic E-state index is 6.27. The minimum Gasteiger partial charge on any atom is -0.465 e. The van der Waals surface area contributed by atoms with Crippen LogP contribution in [-0.4, -0.2) is 11.0 Å². The highest BCUT2D eigenvalue weighted by molar-refractivity contribution is 7.99. The number of nitrogens with two attached hydrogens (primary N) is 1. The molecular weight excluding hydrogens is 268 g/mol. The summed E-state index contributed by atoms with van der Waals surface area (Å²) in [5.74, 6) is 1.85. The van der Waals surface area contributed by atoms with E-state index >= 15 is 0 Å². The van der Waals surface area contributed by atoms with Gasteiger partial charge in [0, 0.05) is 11.7 Å². The van der Waals surface area contributed by atoms with Gasteiger partial charge in [-0.25, -0.2) is 4.98 Å². The maximum Gasteiger partial charge on any atom is 0.119 e. The molecule has 108 valence electrons. The summed E-state index contributed by atoms with van der Waals surface area (Å²) < 4.78 is 5.77. The minimum absolute atomic E-state index is 0.0492. The number of hydrogen-bond donors (Lipinski definition) is 1. The van der Waals surface area contributed by atoms with Crippen molar-refractivity contribution in [3.63, 3.8) is 0 Å². The predicted molar refractivity (Wildman–Crippen MR) is 84.0 cm³/mol. The Morgan fingerprint density at radius 1 is 1.25 bits per heavy atom. The van der Waals surface area contributed by atoms with Crippen LogP contribution in [0, 0.1) is 20.8 Å². The summed E-state index contributed by atoms with van der Waals surface area (Å²) in [6.45, 7) is 8.16. The van der Waals surface area contributed by atoms with Crippen LogP contribution >= 0.6 is 11.8 Å². The number of nitrogens with zero attached hydrogens (tertiary/aromatic N) is 1. The minimum atomic E-state index is 0.0492. The molecule has 2 N–H and O–H groups in total. The first kappa shape index (κ1) is 15.1. The van der Waals surface area contributed by atoms with Crippen molar-refractivity contribution in [2.45, 2.75) is 50.4 Å². The Hall–Kier alpha value is -1.26. The molecule has 4 heteroatoms. The average Bonchev–Trinajstić information content (AvgIpc) is 2.80. The van der Waals surface area contributed by atoms with Gasteiger partial charge in [0.15, 0.2) is 0 Å². The summed E-state index contributed by atoms with van der Waals surface area (Å²) in [6, 6.07) is 8.23. The van der Waals surface area contributed by atoms with Crippen LogP contribution in [0.5, 0.6) is 0 Å². The second-order valence-corrected chi connectivity index (χ2v) is 6.34. The highest BCUT2D eigenvalue weighted by Gasteiger charge is 2.23. The standard InChI is InChI=1S/C16H22N2OS/c1-5-13(17)16(14-7-6-12(4)19-14)20-15-9-10(2)8-11(3)18-15/h6-9,13,16H,5,17H2,1-4H3. The summed E-state index contributed by atoms with van der Waals surface area (Å²) in [7, 11) is 0. The summed E-state index contributed by atoms with van der Waals surface area (Å²) >= 11 is 1.69. The summed E-state index contributed by atoms with van der Waals surface area (Å²) in [5.41, 5.74) is 8.53. The van der Waals surface area contributed by atoms with Crippen molar-refractivity contribution in [2.24, 2.45) is 5.73 Å². The molecule has 2 rings (SSSR count). The Morgan fingerprint density at radius 3 is 2.55 bits per heavy atom. The SMILES string of the molecule is CCC(N)C(Sc1cc(C)cc(C)n1)c1ccc(C)o1. The monoisotopic (exact) mass is 290 g/mol. The van der Waals surface area contributed by atoms with Crippen LogP contribution in [0.3, 0.4) is 0 Å². The Bertz CT molecular complexity index is 559. The normalized spacial score (nSPS) is 14.2. The van der Waals surface area contributed by atoms with Gasteiger partial charge in [-0.15, -0.1) is 0 Å². The third-order valence-electron chi connectivity index (χ3n) is 3.22. The van der Waals surface area contributed by atoms with Crippen molar-refractivity contribution in [1.29, 1.82) is 0 Å². The highest BCUT2D eigenvalue weighted by Crippen LogP contribution is 2.38.